The number of carbonyl (C=O) groups is 1. The summed E-state index contributed by atoms with van der Waals surface area (Å²) < 4.78 is 0. The highest BCUT2D eigenvalue weighted by molar-refractivity contribution is 6.11. The Bertz CT molecular complexity index is 1020. The molecule has 1 aliphatic carbocycles. The highest BCUT2D eigenvalue weighted by Crippen LogP contribution is 2.35. The molecule has 1 atom stereocenters. The zero-order chi connectivity index (χ0) is 23.7. The molecule has 6 nitrogen and oxygen atoms in total. The molecule has 0 saturated carbocycles. The second-order valence-corrected chi connectivity index (χ2v) is 8.60. The predicted molar refractivity (Wildman–Crippen MR) is 137 cm³/mol. The van der Waals surface area contributed by atoms with Crippen molar-refractivity contribution in [2.45, 2.75) is 66.2 Å². The number of nitrogen functional groups attached to an aromatic ring is 1. The Labute approximate surface area is 191 Å². The molecule has 0 fully saturated rings. The van der Waals surface area contributed by atoms with Gasteiger partial charge in [-0.1, -0.05) is 20.3 Å². The van der Waals surface area contributed by atoms with Gasteiger partial charge in [0.15, 0.2) is 0 Å². The van der Waals surface area contributed by atoms with Gasteiger partial charge >= 0.3 is 0 Å². The zero-order valence-electron chi connectivity index (χ0n) is 19.9. The van der Waals surface area contributed by atoms with E-state index in [2.05, 4.69) is 18.8 Å². The second kappa shape index (κ2) is 12.1. The number of aromatic nitrogens is 1. The summed E-state index contributed by atoms with van der Waals surface area (Å²) in [6.07, 6.45) is 11.3. The fourth-order valence-electron chi connectivity index (χ4n) is 3.90. The first kappa shape index (κ1) is 25.2. The van der Waals surface area contributed by atoms with Gasteiger partial charge in [-0.15, -0.1) is 0 Å². The van der Waals surface area contributed by atoms with E-state index in [0.29, 0.717) is 11.6 Å². The third kappa shape index (κ3) is 6.25. The molecule has 1 aromatic carbocycles. The molecule has 0 radical (unpaired) electrons. The minimum Gasteiger partial charge on any atom is -0.404 e. The Kier molecular flexibility index (Phi) is 9.57. The number of benzene rings is 1. The lowest BCUT2D eigenvalue weighted by molar-refractivity contribution is -0.114. The maximum absolute atomic E-state index is 9.44. The molecule has 0 spiro atoms. The van der Waals surface area contributed by atoms with Crippen LogP contribution in [0.1, 0.15) is 75.8 Å². The van der Waals surface area contributed by atoms with Gasteiger partial charge in [-0.25, -0.2) is 4.98 Å². The van der Waals surface area contributed by atoms with E-state index in [1.165, 1.54) is 37.6 Å². The van der Waals surface area contributed by atoms with Gasteiger partial charge in [0.2, 0.25) is 0 Å². The average Bonchev–Trinajstić information content (AvgIpc) is 2.78. The predicted octanol–water partition coefficient (Wildman–Crippen LogP) is 5.10. The van der Waals surface area contributed by atoms with Gasteiger partial charge < -0.3 is 21.7 Å². The van der Waals surface area contributed by atoms with Gasteiger partial charge in [-0.2, -0.15) is 0 Å². The van der Waals surface area contributed by atoms with Crippen LogP contribution in [0.15, 0.2) is 23.3 Å². The SMILES string of the molecule is CC(C)=O.CCC(C)CCN=C/C(=C\N)c1nc2ccc(N)c(C=N)c2c2c1CCCC2. The number of fused-ring (bicyclic) bond motifs is 3. The molecule has 1 aromatic heterocycles. The number of aliphatic imine (C=N–C) groups is 1. The zero-order valence-corrected chi connectivity index (χ0v) is 19.9. The van der Waals surface area contributed by atoms with Crippen molar-refractivity contribution in [3.63, 3.8) is 0 Å². The molecule has 0 aliphatic heterocycles. The van der Waals surface area contributed by atoms with Gasteiger partial charge in [-0.05, 0) is 75.1 Å². The topological polar surface area (TPSA) is 118 Å². The molecule has 172 valence electrons. The number of nitrogens with two attached hydrogens (primary N) is 2. The van der Waals surface area contributed by atoms with Gasteiger partial charge in [0.25, 0.3) is 0 Å². The lowest BCUT2D eigenvalue weighted by Crippen LogP contribution is -2.12. The molecule has 0 bridgehead atoms. The number of anilines is 1. The van der Waals surface area contributed by atoms with Crippen molar-refractivity contribution >= 4 is 40.4 Å². The molecule has 1 unspecified atom stereocenters. The number of nitrogens with zero attached hydrogens (tertiary/aromatic N) is 2. The molecule has 1 heterocycles. The number of ketones is 1. The monoisotopic (exact) mass is 435 g/mol. The smallest absolute Gasteiger partial charge is 0.126 e. The third-order valence-electron chi connectivity index (χ3n) is 5.82. The van der Waals surface area contributed by atoms with Gasteiger partial charge in [-0.3, -0.25) is 4.99 Å². The standard InChI is InChI=1S/C23H31N5.C3H6O/c1-3-15(2)10-11-27-14-16(12-24)23-18-7-5-4-6-17(18)22-19(13-25)20(26)8-9-21(22)28-23;1-3(2)4/h8-9,12-15,25H,3-7,10-11,24,26H2,1-2H3;1-2H3/b16-12+,25-13?,27-14?;. The minimum atomic E-state index is 0.167. The molecule has 1 aliphatic rings. The summed E-state index contributed by atoms with van der Waals surface area (Å²) in [5.74, 6) is 0.846. The van der Waals surface area contributed by atoms with E-state index in [1.807, 2.05) is 18.3 Å². The minimum absolute atomic E-state index is 0.167. The molecule has 6 heteroatoms. The van der Waals surface area contributed by atoms with Crippen LogP contribution < -0.4 is 11.5 Å². The van der Waals surface area contributed by atoms with Crippen molar-refractivity contribution in [1.82, 2.24) is 4.98 Å². The fraction of sp³-hybridized carbons (Fsp3) is 0.462. The largest absolute Gasteiger partial charge is 0.404 e. The highest BCUT2D eigenvalue weighted by atomic mass is 16.1. The summed E-state index contributed by atoms with van der Waals surface area (Å²) in [5.41, 5.74) is 18.7. The van der Waals surface area contributed by atoms with E-state index in [9.17, 15) is 4.79 Å². The molecule has 3 rings (SSSR count). The van der Waals surface area contributed by atoms with Crippen LogP contribution >= 0.6 is 0 Å². The number of hydrogen-bond donors (Lipinski definition) is 3. The lowest BCUT2D eigenvalue weighted by atomic mass is 9.85. The first-order chi connectivity index (χ1) is 15.3. The number of pyridine rings is 1. The second-order valence-electron chi connectivity index (χ2n) is 8.60. The number of allylic oxidation sites excluding steroid dienone is 1. The number of Topliss-reactive ketones (excluding diaryl/α,β-unsaturated/α-hetero) is 1. The number of nitrogens with one attached hydrogen (secondary N) is 1. The van der Waals surface area contributed by atoms with Crippen molar-refractivity contribution in [3.05, 3.63) is 40.7 Å². The number of hydrogen-bond acceptors (Lipinski definition) is 6. The molecular weight excluding hydrogens is 398 g/mol. The lowest BCUT2D eigenvalue weighted by Gasteiger charge is -2.23. The third-order valence-corrected chi connectivity index (χ3v) is 5.82. The normalized spacial score (nSPS) is 14.6. The van der Waals surface area contributed by atoms with Crippen LogP contribution in [0, 0.1) is 11.3 Å². The summed E-state index contributed by atoms with van der Waals surface area (Å²) in [6, 6.07) is 3.78. The summed E-state index contributed by atoms with van der Waals surface area (Å²) in [7, 11) is 0. The number of aryl methyl sites for hydroxylation is 1. The molecule has 2 aromatic rings. The van der Waals surface area contributed by atoms with Crippen molar-refractivity contribution in [3.8, 4) is 0 Å². The number of carbonyl (C=O) groups excluding carboxylic acids is 1. The highest BCUT2D eigenvalue weighted by Gasteiger charge is 2.22. The first-order valence-corrected chi connectivity index (χ1v) is 11.5. The van der Waals surface area contributed by atoms with Crippen molar-refractivity contribution in [2.24, 2.45) is 16.6 Å². The van der Waals surface area contributed by atoms with Gasteiger partial charge in [0.1, 0.15) is 5.78 Å². The Balaban J connectivity index is 0.000000837. The average molecular weight is 436 g/mol. The van der Waals surface area contributed by atoms with Crippen molar-refractivity contribution in [2.75, 3.05) is 12.3 Å². The van der Waals surface area contributed by atoms with Crippen LogP contribution in [0.3, 0.4) is 0 Å². The summed E-state index contributed by atoms with van der Waals surface area (Å²) >= 11 is 0. The van der Waals surface area contributed by atoms with Crippen LogP contribution in [-0.2, 0) is 17.6 Å². The fourth-order valence-corrected chi connectivity index (χ4v) is 3.90. The quantitative estimate of drug-likeness (QED) is 0.414. The van der Waals surface area contributed by atoms with E-state index >= 15 is 0 Å². The Morgan fingerprint density at radius 2 is 1.91 bits per heavy atom. The Morgan fingerprint density at radius 1 is 1.25 bits per heavy atom. The number of rotatable bonds is 7. The van der Waals surface area contributed by atoms with Crippen LogP contribution in [0.2, 0.25) is 0 Å². The first-order valence-electron chi connectivity index (χ1n) is 11.5. The maximum Gasteiger partial charge on any atom is 0.126 e. The van der Waals surface area contributed by atoms with Crippen LogP contribution in [0.4, 0.5) is 5.69 Å². The van der Waals surface area contributed by atoms with E-state index in [-0.39, 0.29) is 5.78 Å². The molecule has 0 saturated heterocycles. The van der Waals surface area contributed by atoms with E-state index in [0.717, 1.165) is 66.4 Å². The van der Waals surface area contributed by atoms with Crippen molar-refractivity contribution in [1.29, 1.82) is 5.41 Å². The van der Waals surface area contributed by atoms with E-state index in [4.69, 9.17) is 21.9 Å². The molecule has 32 heavy (non-hydrogen) atoms. The van der Waals surface area contributed by atoms with Gasteiger partial charge in [0.05, 0.1) is 11.2 Å². The summed E-state index contributed by atoms with van der Waals surface area (Å²) in [4.78, 5) is 19.0. The Morgan fingerprint density at radius 3 is 2.50 bits per heavy atom. The summed E-state index contributed by atoms with van der Waals surface area (Å²) in [6.45, 7) is 8.32. The molecule has 5 N–H and O–H groups in total. The van der Waals surface area contributed by atoms with Crippen LogP contribution in [0.25, 0.3) is 16.5 Å². The van der Waals surface area contributed by atoms with Crippen LogP contribution in [-0.4, -0.2) is 29.7 Å². The Hall–Kier alpha value is -3.02. The van der Waals surface area contributed by atoms with Crippen LogP contribution in [0.5, 0.6) is 0 Å². The van der Waals surface area contributed by atoms with Gasteiger partial charge in [0, 0.05) is 47.4 Å². The molecular formula is C26H37N5O. The van der Waals surface area contributed by atoms with E-state index < -0.39 is 0 Å². The maximum atomic E-state index is 9.44. The summed E-state index contributed by atoms with van der Waals surface area (Å²) in [5, 5.41) is 8.86. The molecule has 0 amide bonds. The van der Waals surface area contributed by atoms with Crippen molar-refractivity contribution < 1.29 is 4.79 Å². The van der Waals surface area contributed by atoms with E-state index in [1.54, 1.807) is 6.20 Å².